The number of nitrogens with one attached hydrogen (secondary N) is 1. The summed E-state index contributed by atoms with van der Waals surface area (Å²) in [6.45, 7) is 6.90. The van der Waals surface area contributed by atoms with Crippen molar-refractivity contribution in [3.05, 3.63) is 34.2 Å². The van der Waals surface area contributed by atoms with Crippen molar-refractivity contribution in [2.75, 3.05) is 0 Å². The molecule has 1 N–H and O–H groups in total. The summed E-state index contributed by atoms with van der Waals surface area (Å²) in [5.74, 6) is 0.543. The molecule has 0 aliphatic rings. The maximum Gasteiger partial charge on any atom is 0.148 e. The van der Waals surface area contributed by atoms with E-state index < -0.39 is 0 Å². The third kappa shape index (κ3) is 3.07. The van der Waals surface area contributed by atoms with E-state index in [4.69, 9.17) is 4.42 Å². The van der Waals surface area contributed by atoms with E-state index in [0.29, 0.717) is 16.6 Å². The molecule has 0 bridgehead atoms. The highest BCUT2D eigenvalue weighted by Gasteiger charge is 2.12. The third-order valence-corrected chi connectivity index (χ3v) is 2.97. The van der Waals surface area contributed by atoms with E-state index in [-0.39, 0.29) is 11.4 Å². The summed E-state index contributed by atoms with van der Waals surface area (Å²) in [6, 6.07) is 4.75. The molecule has 0 atom stereocenters. The van der Waals surface area contributed by atoms with Crippen molar-refractivity contribution in [3.63, 3.8) is 0 Å². The Morgan fingerprint density at radius 3 is 2.65 bits per heavy atom. The summed E-state index contributed by atoms with van der Waals surface area (Å²) in [7, 11) is 0. The van der Waals surface area contributed by atoms with Gasteiger partial charge in [0.05, 0.1) is 11.0 Å². The number of halogens is 2. The summed E-state index contributed by atoms with van der Waals surface area (Å²) >= 11 is 3.30. The molecule has 0 aliphatic heterocycles. The van der Waals surface area contributed by atoms with Gasteiger partial charge in [-0.15, -0.1) is 0 Å². The van der Waals surface area contributed by atoms with E-state index in [1.807, 2.05) is 6.07 Å². The van der Waals surface area contributed by atoms with Crippen LogP contribution in [0.1, 0.15) is 26.5 Å². The van der Waals surface area contributed by atoms with Crippen LogP contribution in [-0.2, 0) is 6.54 Å². The van der Waals surface area contributed by atoms with Crippen LogP contribution in [0.15, 0.2) is 27.1 Å². The van der Waals surface area contributed by atoms with Crippen molar-refractivity contribution in [1.29, 1.82) is 0 Å². The van der Waals surface area contributed by atoms with Crippen LogP contribution in [0.25, 0.3) is 11.0 Å². The monoisotopic (exact) mass is 299 g/mol. The summed E-state index contributed by atoms with van der Waals surface area (Å²) in [6.07, 6.45) is 0. The molecule has 0 spiro atoms. The zero-order valence-electron chi connectivity index (χ0n) is 10.1. The Morgan fingerprint density at radius 1 is 1.29 bits per heavy atom. The van der Waals surface area contributed by atoms with Crippen LogP contribution in [0.3, 0.4) is 0 Å². The second kappa shape index (κ2) is 4.42. The lowest BCUT2D eigenvalue weighted by Gasteiger charge is -2.19. The van der Waals surface area contributed by atoms with Gasteiger partial charge in [0.2, 0.25) is 0 Å². The van der Waals surface area contributed by atoms with Crippen LogP contribution in [0, 0.1) is 5.82 Å². The largest absolute Gasteiger partial charge is 0.459 e. The SMILES string of the molecule is CC(C)(C)NCc1cc2cc(F)cc(Br)c2o1. The van der Waals surface area contributed by atoms with E-state index in [1.165, 1.54) is 12.1 Å². The number of furan rings is 1. The summed E-state index contributed by atoms with van der Waals surface area (Å²) < 4.78 is 19.5. The van der Waals surface area contributed by atoms with Gasteiger partial charge < -0.3 is 9.73 Å². The number of benzene rings is 1. The maximum absolute atomic E-state index is 13.2. The predicted molar refractivity (Wildman–Crippen MR) is 70.5 cm³/mol. The molecule has 1 aromatic heterocycles. The Bertz CT molecular complexity index is 542. The minimum Gasteiger partial charge on any atom is -0.459 e. The lowest BCUT2D eigenvalue weighted by molar-refractivity contribution is 0.395. The van der Waals surface area contributed by atoms with Gasteiger partial charge in [0, 0.05) is 10.9 Å². The zero-order chi connectivity index (χ0) is 12.6. The Labute approximate surface area is 108 Å². The van der Waals surface area contributed by atoms with E-state index in [1.54, 1.807) is 0 Å². The van der Waals surface area contributed by atoms with Gasteiger partial charge >= 0.3 is 0 Å². The number of hydrogen-bond donors (Lipinski definition) is 1. The standard InChI is InChI=1S/C13H15BrFNO/c1-13(2,3)16-7-10-5-8-4-9(15)6-11(14)12(8)17-10/h4-6,16H,7H2,1-3H3. The lowest BCUT2D eigenvalue weighted by atomic mass is 10.1. The molecule has 1 heterocycles. The van der Waals surface area contributed by atoms with Crippen LogP contribution in [-0.4, -0.2) is 5.54 Å². The fourth-order valence-electron chi connectivity index (χ4n) is 1.57. The molecular weight excluding hydrogens is 285 g/mol. The molecular formula is C13H15BrFNO. The molecule has 17 heavy (non-hydrogen) atoms. The molecule has 0 amide bonds. The van der Waals surface area contributed by atoms with Crippen molar-refractivity contribution in [2.24, 2.45) is 0 Å². The minimum absolute atomic E-state index is 0.0292. The number of hydrogen-bond acceptors (Lipinski definition) is 2. The lowest BCUT2D eigenvalue weighted by Crippen LogP contribution is -2.34. The van der Waals surface area contributed by atoms with E-state index in [0.717, 1.165) is 11.1 Å². The van der Waals surface area contributed by atoms with Crippen molar-refractivity contribution in [2.45, 2.75) is 32.9 Å². The Morgan fingerprint density at radius 2 is 2.00 bits per heavy atom. The van der Waals surface area contributed by atoms with Gasteiger partial charge in [-0.05, 0) is 54.9 Å². The van der Waals surface area contributed by atoms with Gasteiger partial charge in [0.15, 0.2) is 0 Å². The van der Waals surface area contributed by atoms with E-state index in [9.17, 15) is 4.39 Å². The van der Waals surface area contributed by atoms with Crippen LogP contribution >= 0.6 is 15.9 Å². The normalized spacial score (nSPS) is 12.3. The van der Waals surface area contributed by atoms with Crippen LogP contribution in [0.2, 0.25) is 0 Å². The Hall–Kier alpha value is -0.870. The average Bonchev–Trinajstić information content (AvgIpc) is 2.56. The summed E-state index contributed by atoms with van der Waals surface area (Å²) in [5.41, 5.74) is 0.721. The Kier molecular flexibility index (Phi) is 3.27. The minimum atomic E-state index is -0.263. The van der Waals surface area contributed by atoms with Crippen molar-refractivity contribution < 1.29 is 8.81 Å². The highest BCUT2D eigenvalue weighted by atomic mass is 79.9. The molecule has 2 nitrogen and oxygen atoms in total. The van der Waals surface area contributed by atoms with Gasteiger partial charge in [-0.25, -0.2) is 4.39 Å². The summed E-state index contributed by atoms with van der Waals surface area (Å²) in [5, 5.41) is 4.11. The molecule has 1 aromatic carbocycles. The average molecular weight is 300 g/mol. The molecule has 2 aromatic rings. The van der Waals surface area contributed by atoms with Gasteiger partial charge in [0.1, 0.15) is 17.2 Å². The molecule has 4 heteroatoms. The van der Waals surface area contributed by atoms with Crippen molar-refractivity contribution in [3.8, 4) is 0 Å². The molecule has 2 rings (SSSR count). The fraction of sp³-hybridized carbons (Fsp3) is 0.385. The third-order valence-electron chi connectivity index (χ3n) is 2.38. The second-order valence-corrected chi connectivity index (χ2v) is 5.98. The van der Waals surface area contributed by atoms with Crippen molar-refractivity contribution >= 4 is 26.9 Å². The first kappa shape index (κ1) is 12.6. The molecule has 0 saturated heterocycles. The van der Waals surface area contributed by atoms with Crippen LogP contribution in [0.5, 0.6) is 0 Å². The number of rotatable bonds is 2. The predicted octanol–water partition coefficient (Wildman–Crippen LogP) is 4.22. The van der Waals surface area contributed by atoms with Gasteiger partial charge in [-0.1, -0.05) is 0 Å². The molecule has 0 unspecified atom stereocenters. The highest BCUT2D eigenvalue weighted by Crippen LogP contribution is 2.28. The van der Waals surface area contributed by atoms with Crippen LogP contribution in [0.4, 0.5) is 4.39 Å². The molecule has 0 fully saturated rings. The topological polar surface area (TPSA) is 25.2 Å². The zero-order valence-corrected chi connectivity index (χ0v) is 11.7. The molecule has 92 valence electrons. The quantitative estimate of drug-likeness (QED) is 0.898. The first-order valence-corrected chi connectivity index (χ1v) is 6.27. The molecule has 0 aliphatic carbocycles. The van der Waals surface area contributed by atoms with Gasteiger partial charge in [-0.3, -0.25) is 0 Å². The second-order valence-electron chi connectivity index (χ2n) is 5.12. The smallest absolute Gasteiger partial charge is 0.148 e. The Balaban J connectivity index is 2.29. The highest BCUT2D eigenvalue weighted by molar-refractivity contribution is 9.10. The summed E-state index contributed by atoms with van der Waals surface area (Å²) in [4.78, 5) is 0. The van der Waals surface area contributed by atoms with Crippen molar-refractivity contribution in [1.82, 2.24) is 5.32 Å². The first-order valence-electron chi connectivity index (χ1n) is 5.48. The molecule has 0 saturated carbocycles. The number of fused-ring (bicyclic) bond motifs is 1. The molecule has 0 radical (unpaired) electrons. The van der Waals surface area contributed by atoms with Gasteiger partial charge in [-0.2, -0.15) is 0 Å². The van der Waals surface area contributed by atoms with Gasteiger partial charge in [0.25, 0.3) is 0 Å². The maximum atomic E-state index is 13.2. The van der Waals surface area contributed by atoms with E-state index in [2.05, 4.69) is 42.0 Å². The van der Waals surface area contributed by atoms with Crippen LogP contribution < -0.4 is 5.32 Å². The first-order chi connectivity index (χ1) is 7.85. The van der Waals surface area contributed by atoms with E-state index >= 15 is 0 Å². The fourth-order valence-corrected chi connectivity index (χ4v) is 2.10.